The number of rotatable bonds is 5. The predicted octanol–water partition coefficient (Wildman–Crippen LogP) is 2.72. The zero-order valence-corrected chi connectivity index (χ0v) is 10.7. The van der Waals surface area contributed by atoms with Gasteiger partial charge in [0, 0.05) is 18.7 Å². The third-order valence-corrected chi connectivity index (χ3v) is 3.00. The zero-order valence-electron chi connectivity index (χ0n) is 10.7. The first-order valence-corrected chi connectivity index (χ1v) is 5.98. The second kappa shape index (κ2) is 6.02. The molecule has 0 saturated heterocycles. The van der Waals surface area contributed by atoms with E-state index in [2.05, 4.69) is 51.2 Å². The van der Waals surface area contributed by atoms with Crippen molar-refractivity contribution in [3.63, 3.8) is 0 Å². The summed E-state index contributed by atoms with van der Waals surface area (Å²) in [6.45, 7) is 8.79. The SMILES string of the molecule is Cc1ccc(C)c(C(C)N[C@H](C)CCO)c1. The monoisotopic (exact) mass is 221 g/mol. The highest BCUT2D eigenvalue weighted by atomic mass is 16.3. The van der Waals surface area contributed by atoms with Crippen LogP contribution in [0.3, 0.4) is 0 Å². The van der Waals surface area contributed by atoms with Gasteiger partial charge in [-0.1, -0.05) is 23.8 Å². The van der Waals surface area contributed by atoms with Crippen LogP contribution < -0.4 is 5.32 Å². The molecule has 16 heavy (non-hydrogen) atoms. The first-order valence-electron chi connectivity index (χ1n) is 5.98. The zero-order chi connectivity index (χ0) is 12.1. The molecule has 0 aliphatic carbocycles. The van der Waals surface area contributed by atoms with Crippen LogP contribution >= 0.6 is 0 Å². The summed E-state index contributed by atoms with van der Waals surface area (Å²) in [5.74, 6) is 0. The number of hydrogen-bond donors (Lipinski definition) is 2. The van der Waals surface area contributed by atoms with Gasteiger partial charge in [-0.15, -0.1) is 0 Å². The van der Waals surface area contributed by atoms with Gasteiger partial charge in [-0.3, -0.25) is 0 Å². The summed E-state index contributed by atoms with van der Waals surface area (Å²) in [6, 6.07) is 7.22. The standard InChI is InChI=1S/C14H23NO/c1-10-5-6-11(2)14(9-10)13(4)15-12(3)7-8-16/h5-6,9,12-13,15-16H,7-8H2,1-4H3/t12-,13?/m1/s1. The summed E-state index contributed by atoms with van der Waals surface area (Å²) in [7, 11) is 0. The molecule has 0 radical (unpaired) electrons. The molecule has 2 nitrogen and oxygen atoms in total. The molecule has 0 bridgehead atoms. The van der Waals surface area contributed by atoms with Crippen molar-refractivity contribution < 1.29 is 5.11 Å². The molecule has 0 amide bonds. The lowest BCUT2D eigenvalue weighted by Crippen LogP contribution is -2.30. The first kappa shape index (κ1) is 13.2. The second-order valence-corrected chi connectivity index (χ2v) is 4.66. The van der Waals surface area contributed by atoms with Crippen LogP contribution in [0.2, 0.25) is 0 Å². The summed E-state index contributed by atoms with van der Waals surface area (Å²) in [6.07, 6.45) is 0.801. The van der Waals surface area contributed by atoms with Crippen molar-refractivity contribution in [1.29, 1.82) is 0 Å². The van der Waals surface area contributed by atoms with Crippen molar-refractivity contribution in [2.45, 2.75) is 46.2 Å². The highest BCUT2D eigenvalue weighted by Crippen LogP contribution is 2.19. The molecule has 0 heterocycles. The molecule has 2 N–H and O–H groups in total. The van der Waals surface area contributed by atoms with Gasteiger partial charge in [0.05, 0.1) is 0 Å². The van der Waals surface area contributed by atoms with E-state index in [0.717, 1.165) is 6.42 Å². The number of hydrogen-bond acceptors (Lipinski definition) is 2. The molecule has 0 aromatic heterocycles. The van der Waals surface area contributed by atoms with Crippen molar-refractivity contribution in [3.05, 3.63) is 34.9 Å². The highest BCUT2D eigenvalue weighted by Gasteiger charge is 2.11. The van der Waals surface area contributed by atoms with Crippen LogP contribution in [0.5, 0.6) is 0 Å². The summed E-state index contributed by atoms with van der Waals surface area (Å²) in [5.41, 5.74) is 3.97. The van der Waals surface area contributed by atoms with Crippen molar-refractivity contribution in [1.82, 2.24) is 5.32 Å². The van der Waals surface area contributed by atoms with Gasteiger partial charge < -0.3 is 10.4 Å². The van der Waals surface area contributed by atoms with Gasteiger partial charge in [0.15, 0.2) is 0 Å². The largest absolute Gasteiger partial charge is 0.396 e. The van der Waals surface area contributed by atoms with Gasteiger partial charge in [0.1, 0.15) is 0 Å². The molecule has 1 aromatic rings. The fraction of sp³-hybridized carbons (Fsp3) is 0.571. The fourth-order valence-corrected chi connectivity index (χ4v) is 2.02. The molecule has 0 fully saturated rings. The smallest absolute Gasteiger partial charge is 0.0445 e. The fourth-order valence-electron chi connectivity index (χ4n) is 2.02. The van der Waals surface area contributed by atoms with Gasteiger partial charge in [-0.25, -0.2) is 0 Å². The van der Waals surface area contributed by atoms with Gasteiger partial charge in [0.2, 0.25) is 0 Å². The molecule has 0 saturated carbocycles. The van der Waals surface area contributed by atoms with E-state index in [1.807, 2.05) is 0 Å². The van der Waals surface area contributed by atoms with E-state index in [4.69, 9.17) is 5.11 Å². The predicted molar refractivity (Wildman–Crippen MR) is 68.6 cm³/mol. The molecule has 1 aromatic carbocycles. The van der Waals surface area contributed by atoms with Crippen molar-refractivity contribution in [2.24, 2.45) is 0 Å². The minimum Gasteiger partial charge on any atom is -0.396 e. The van der Waals surface area contributed by atoms with Gasteiger partial charge in [-0.2, -0.15) is 0 Å². The molecule has 0 aliphatic heterocycles. The summed E-state index contributed by atoms with van der Waals surface area (Å²) in [4.78, 5) is 0. The van der Waals surface area contributed by atoms with Gasteiger partial charge in [0.25, 0.3) is 0 Å². The lowest BCUT2D eigenvalue weighted by molar-refractivity contribution is 0.264. The Kier molecular flexibility index (Phi) is 4.97. The third kappa shape index (κ3) is 3.62. The Morgan fingerprint density at radius 1 is 1.25 bits per heavy atom. The average molecular weight is 221 g/mol. The number of benzene rings is 1. The maximum absolute atomic E-state index is 8.88. The van der Waals surface area contributed by atoms with Crippen LogP contribution in [0.1, 0.15) is 43.0 Å². The summed E-state index contributed by atoms with van der Waals surface area (Å²) < 4.78 is 0. The Morgan fingerprint density at radius 2 is 1.94 bits per heavy atom. The molecule has 1 unspecified atom stereocenters. The highest BCUT2D eigenvalue weighted by molar-refractivity contribution is 5.32. The van der Waals surface area contributed by atoms with Crippen LogP contribution in [-0.2, 0) is 0 Å². The maximum atomic E-state index is 8.88. The number of aliphatic hydroxyl groups is 1. The van der Waals surface area contributed by atoms with Crippen molar-refractivity contribution in [2.75, 3.05) is 6.61 Å². The minimum atomic E-state index is 0.244. The molecule has 0 spiro atoms. The van der Waals surface area contributed by atoms with Gasteiger partial charge in [-0.05, 0) is 45.2 Å². The van der Waals surface area contributed by atoms with E-state index in [1.165, 1.54) is 16.7 Å². The molecule has 0 aliphatic rings. The third-order valence-electron chi connectivity index (χ3n) is 3.00. The number of aryl methyl sites for hydroxylation is 2. The van der Waals surface area contributed by atoms with Crippen molar-refractivity contribution >= 4 is 0 Å². The van der Waals surface area contributed by atoms with Gasteiger partial charge >= 0.3 is 0 Å². The van der Waals surface area contributed by atoms with Crippen LogP contribution in [0.15, 0.2) is 18.2 Å². The van der Waals surface area contributed by atoms with E-state index in [-0.39, 0.29) is 6.61 Å². The molecule has 2 atom stereocenters. The van der Waals surface area contributed by atoms with Crippen LogP contribution in [-0.4, -0.2) is 17.8 Å². The molecule has 90 valence electrons. The normalized spacial score (nSPS) is 14.8. The van der Waals surface area contributed by atoms with Crippen molar-refractivity contribution in [3.8, 4) is 0 Å². The topological polar surface area (TPSA) is 32.3 Å². The quantitative estimate of drug-likeness (QED) is 0.801. The average Bonchev–Trinajstić information content (AvgIpc) is 2.21. The summed E-state index contributed by atoms with van der Waals surface area (Å²) >= 11 is 0. The number of aliphatic hydroxyl groups excluding tert-OH is 1. The van der Waals surface area contributed by atoms with E-state index in [1.54, 1.807) is 0 Å². The van der Waals surface area contributed by atoms with E-state index in [0.29, 0.717) is 12.1 Å². The Balaban J connectivity index is 2.72. The summed E-state index contributed by atoms with van der Waals surface area (Å²) in [5, 5.41) is 12.4. The number of nitrogens with one attached hydrogen (secondary N) is 1. The second-order valence-electron chi connectivity index (χ2n) is 4.66. The van der Waals surface area contributed by atoms with E-state index < -0.39 is 0 Å². The Labute approximate surface area is 98.7 Å². The molecular formula is C14H23NO. The lowest BCUT2D eigenvalue weighted by Gasteiger charge is -2.21. The van der Waals surface area contributed by atoms with Crippen LogP contribution in [0, 0.1) is 13.8 Å². The van der Waals surface area contributed by atoms with E-state index in [9.17, 15) is 0 Å². The van der Waals surface area contributed by atoms with E-state index >= 15 is 0 Å². The van der Waals surface area contributed by atoms with Crippen LogP contribution in [0.25, 0.3) is 0 Å². The molecule has 1 rings (SSSR count). The minimum absolute atomic E-state index is 0.244. The first-order chi connectivity index (χ1) is 7.54. The Morgan fingerprint density at radius 3 is 2.56 bits per heavy atom. The Hall–Kier alpha value is -0.860. The maximum Gasteiger partial charge on any atom is 0.0445 e. The van der Waals surface area contributed by atoms with Crippen LogP contribution in [0.4, 0.5) is 0 Å². The molecule has 2 heteroatoms. The Bertz CT molecular complexity index is 336. The lowest BCUT2D eigenvalue weighted by atomic mass is 9.99. The molecular weight excluding hydrogens is 198 g/mol.